The number of aromatic nitrogens is 3. The molecule has 0 radical (unpaired) electrons. The molecule has 5 heteroatoms. The number of likely N-dealkylation sites (tertiary alicyclic amines) is 1. The highest BCUT2D eigenvalue weighted by Crippen LogP contribution is 2.08. The number of hydrogen-bond acceptors (Lipinski definition) is 4. The second kappa shape index (κ2) is 6.48. The first-order valence-corrected chi connectivity index (χ1v) is 7.39. The summed E-state index contributed by atoms with van der Waals surface area (Å²) in [4.78, 5) is 2.54. The van der Waals surface area contributed by atoms with Crippen LogP contribution >= 0.6 is 0 Å². The second-order valence-electron chi connectivity index (χ2n) is 6.48. The van der Waals surface area contributed by atoms with Crippen molar-refractivity contribution in [1.29, 1.82) is 0 Å². The first-order valence-electron chi connectivity index (χ1n) is 7.39. The fourth-order valence-electron chi connectivity index (χ4n) is 2.35. The molecule has 19 heavy (non-hydrogen) atoms. The molecule has 2 rings (SSSR count). The van der Waals surface area contributed by atoms with Gasteiger partial charge in [0.05, 0.1) is 5.69 Å². The first-order chi connectivity index (χ1) is 9.03. The molecule has 0 aromatic carbocycles. The lowest BCUT2D eigenvalue weighted by Gasteiger charge is -2.19. The molecule has 5 nitrogen and oxygen atoms in total. The quantitative estimate of drug-likeness (QED) is 0.849. The smallest absolute Gasteiger partial charge is 0.0965 e. The number of hydrogen-bond donors (Lipinski definition) is 1. The summed E-state index contributed by atoms with van der Waals surface area (Å²) in [6.07, 6.45) is 5.95. The average Bonchev–Trinajstić information content (AvgIpc) is 2.97. The molecule has 0 spiro atoms. The summed E-state index contributed by atoms with van der Waals surface area (Å²) in [7, 11) is 0. The van der Waals surface area contributed by atoms with Crippen LogP contribution in [-0.4, -0.2) is 45.1 Å². The molecule has 1 aliphatic rings. The Balaban J connectivity index is 1.68. The van der Waals surface area contributed by atoms with Crippen LogP contribution in [0.15, 0.2) is 6.20 Å². The molecule has 1 aromatic rings. The Kier molecular flexibility index (Phi) is 4.93. The standard InChI is InChI=1S/C14H27N5/c1-14(2,3)15-11-13-12-19(17-16-13)10-6-9-18-7-4-5-8-18/h12,15H,4-11H2,1-3H3. The Labute approximate surface area is 116 Å². The maximum Gasteiger partial charge on any atom is 0.0965 e. The third-order valence-corrected chi connectivity index (χ3v) is 3.45. The fraction of sp³-hybridized carbons (Fsp3) is 0.857. The van der Waals surface area contributed by atoms with Gasteiger partial charge in [0.2, 0.25) is 0 Å². The zero-order valence-electron chi connectivity index (χ0n) is 12.5. The van der Waals surface area contributed by atoms with Crippen LogP contribution in [0.5, 0.6) is 0 Å². The van der Waals surface area contributed by atoms with Gasteiger partial charge in [-0.1, -0.05) is 5.21 Å². The Morgan fingerprint density at radius 3 is 2.63 bits per heavy atom. The molecule has 0 saturated carbocycles. The lowest BCUT2D eigenvalue weighted by Crippen LogP contribution is -2.35. The van der Waals surface area contributed by atoms with Crippen LogP contribution in [0, 0.1) is 0 Å². The van der Waals surface area contributed by atoms with Crippen LogP contribution in [-0.2, 0) is 13.1 Å². The van der Waals surface area contributed by atoms with Gasteiger partial charge in [0.1, 0.15) is 0 Å². The van der Waals surface area contributed by atoms with Crippen LogP contribution in [0.25, 0.3) is 0 Å². The molecule has 1 N–H and O–H groups in total. The van der Waals surface area contributed by atoms with Crippen molar-refractivity contribution in [3.8, 4) is 0 Å². The van der Waals surface area contributed by atoms with E-state index in [1.807, 2.05) is 4.68 Å². The fourth-order valence-corrected chi connectivity index (χ4v) is 2.35. The molecule has 1 aliphatic heterocycles. The molecule has 0 amide bonds. The average molecular weight is 265 g/mol. The summed E-state index contributed by atoms with van der Waals surface area (Å²) in [6, 6.07) is 0. The van der Waals surface area contributed by atoms with Gasteiger partial charge in [-0.05, 0) is 59.7 Å². The number of aryl methyl sites for hydroxylation is 1. The number of nitrogens with one attached hydrogen (secondary N) is 1. The van der Waals surface area contributed by atoms with Gasteiger partial charge in [-0.15, -0.1) is 5.10 Å². The van der Waals surface area contributed by atoms with Crippen molar-refractivity contribution < 1.29 is 0 Å². The number of rotatable bonds is 6. The van der Waals surface area contributed by atoms with Crippen molar-refractivity contribution in [1.82, 2.24) is 25.2 Å². The lowest BCUT2D eigenvalue weighted by molar-refractivity contribution is 0.321. The predicted molar refractivity (Wildman–Crippen MR) is 76.9 cm³/mol. The molecule has 0 atom stereocenters. The molecule has 108 valence electrons. The minimum absolute atomic E-state index is 0.125. The van der Waals surface area contributed by atoms with E-state index in [-0.39, 0.29) is 5.54 Å². The summed E-state index contributed by atoms with van der Waals surface area (Å²) >= 11 is 0. The second-order valence-corrected chi connectivity index (χ2v) is 6.48. The molecule has 0 aliphatic carbocycles. The van der Waals surface area contributed by atoms with Crippen molar-refractivity contribution in [2.24, 2.45) is 0 Å². The van der Waals surface area contributed by atoms with Crippen molar-refractivity contribution in [3.05, 3.63) is 11.9 Å². The normalized spacial score (nSPS) is 17.2. The maximum absolute atomic E-state index is 4.21. The van der Waals surface area contributed by atoms with Gasteiger partial charge in [-0.3, -0.25) is 4.68 Å². The molecule has 0 unspecified atom stereocenters. The Morgan fingerprint density at radius 2 is 1.95 bits per heavy atom. The van der Waals surface area contributed by atoms with Gasteiger partial charge in [0, 0.05) is 24.8 Å². The largest absolute Gasteiger partial charge is 0.306 e. The van der Waals surface area contributed by atoms with Crippen molar-refractivity contribution in [2.45, 2.75) is 58.7 Å². The van der Waals surface area contributed by atoms with E-state index in [4.69, 9.17) is 0 Å². The van der Waals surface area contributed by atoms with E-state index >= 15 is 0 Å². The highest BCUT2D eigenvalue weighted by Gasteiger charge is 2.11. The lowest BCUT2D eigenvalue weighted by atomic mass is 10.1. The van der Waals surface area contributed by atoms with Crippen LogP contribution in [0.4, 0.5) is 0 Å². The van der Waals surface area contributed by atoms with Crippen molar-refractivity contribution in [2.75, 3.05) is 19.6 Å². The number of nitrogens with zero attached hydrogens (tertiary/aromatic N) is 4. The SMILES string of the molecule is CC(C)(C)NCc1cn(CCCN2CCCC2)nn1. The van der Waals surface area contributed by atoms with Crippen molar-refractivity contribution >= 4 is 0 Å². The van der Waals surface area contributed by atoms with Gasteiger partial charge in [-0.25, -0.2) is 0 Å². The molecule has 1 saturated heterocycles. The van der Waals surface area contributed by atoms with Gasteiger partial charge < -0.3 is 10.2 Å². The highest BCUT2D eigenvalue weighted by atomic mass is 15.4. The Hall–Kier alpha value is -0.940. The Bertz CT molecular complexity index is 373. The topological polar surface area (TPSA) is 46.0 Å². The maximum atomic E-state index is 4.21. The third-order valence-electron chi connectivity index (χ3n) is 3.45. The zero-order valence-corrected chi connectivity index (χ0v) is 12.5. The molecule has 0 bridgehead atoms. The summed E-state index contributed by atoms with van der Waals surface area (Å²) in [6.45, 7) is 12.0. The first kappa shape index (κ1) is 14.5. The van der Waals surface area contributed by atoms with Crippen LogP contribution < -0.4 is 5.32 Å². The van der Waals surface area contributed by atoms with Gasteiger partial charge in [-0.2, -0.15) is 0 Å². The van der Waals surface area contributed by atoms with Crippen LogP contribution in [0.2, 0.25) is 0 Å². The van der Waals surface area contributed by atoms with E-state index in [0.717, 1.165) is 25.2 Å². The Morgan fingerprint density at radius 1 is 1.21 bits per heavy atom. The highest BCUT2D eigenvalue weighted by molar-refractivity contribution is 4.93. The molecule has 1 aromatic heterocycles. The molecule has 1 fully saturated rings. The summed E-state index contributed by atoms with van der Waals surface area (Å²) < 4.78 is 1.97. The monoisotopic (exact) mass is 265 g/mol. The van der Waals surface area contributed by atoms with Gasteiger partial charge >= 0.3 is 0 Å². The van der Waals surface area contributed by atoms with E-state index in [1.54, 1.807) is 0 Å². The molecular weight excluding hydrogens is 238 g/mol. The van der Waals surface area contributed by atoms with E-state index in [9.17, 15) is 0 Å². The predicted octanol–water partition coefficient (Wildman–Crippen LogP) is 1.65. The minimum atomic E-state index is 0.125. The summed E-state index contributed by atoms with van der Waals surface area (Å²) in [5.41, 5.74) is 1.15. The van der Waals surface area contributed by atoms with E-state index < -0.39 is 0 Å². The molecule has 2 heterocycles. The third kappa shape index (κ3) is 5.28. The minimum Gasteiger partial charge on any atom is -0.306 e. The van der Waals surface area contributed by atoms with Crippen LogP contribution in [0.1, 0.15) is 45.7 Å². The summed E-state index contributed by atoms with van der Waals surface area (Å²) in [5, 5.41) is 11.8. The van der Waals surface area contributed by atoms with Gasteiger partial charge in [0.25, 0.3) is 0 Å². The van der Waals surface area contributed by atoms with Gasteiger partial charge in [0.15, 0.2) is 0 Å². The van der Waals surface area contributed by atoms with Crippen LogP contribution in [0.3, 0.4) is 0 Å². The van der Waals surface area contributed by atoms with Crippen molar-refractivity contribution in [3.63, 3.8) is 0 Å². The molecular formula is C14H27N5. The van der Waals surface area contributed by atoms with E-state index in [0.29, 0.717) is 0 Å². The summed E-state index contributed by atoms with van der Waals surface area (Å²) in [5.74, 6) is 0. The zero-order chi connectivity index (χ0) is 13.7. The van der Waals surface area contributed by atoms with E-state index in [2.05, 4.69) is 47.5 Å². The van der Waals surface area contributed by atoms with E-state index in [1.165, 1.54) is 32.5 Å².